The molecule has 9 heteroatoms. The number of benzene rings is 1. The summed E-state index contributed by atoms with van der Waals surface area (Å²) in [7, 11) is 0. The minimum atomic E-state index is 0.567. The van der Waals surface area contributed by atoms with E-state index in [0.717, 1.165) is 26.5 Å². The van der Waals surface area contributed by atoms with Gasteiger partial charge in [0, 0.05) is 10.6 Å². The maximum Gasteiger partial charge on any atom is 0.257 e. The summed E-state index contributed by atoms with van der Waals surface area (Å²) in [5.74, 6) is 1.74. The summed E-state index contributed by atoms with van der Waals surface area (Å²) in [5, 5.41) is 20.8. The molecule has 4 aromatic rings. The van der Waals surface area contributed by atoms with Crippen molar-refractivity contribution in [3.05, 3.63) is 52.2 Å². The molecule has 0 aliphatic heterocycles. The third-order valence-electron chi connectivity index (χ3n) is 4.01. The number of aromatic nitrogens is 4. The summed E-state index contributed by atoms with van der Waals surface area (Å²) in [6.07, 6.45) is 1.02. The van der Waals surface area contributed by atoms with Crippen molar-refractivity contribution in [3.8, 4) is 10.8 Å². The fourth-order valence-corrected chi connectivity index (χ4v) is 5.32. The Labute approximate surface area is 175 Å². The molecule has 0 saturated heterocycles. The van der Waals surface area contributed by atoms with Crippen molar-refractivity contribution in [2.45, 2.75) is 37.3 Å². The number of aryl methyl sites for hydroxylation is 3. The van der Waals surface area contributed by atoms with Crippen molar-refractivity contribution in [2.75, 3.05) is 5.32 Å². The number of hydrogen-bond acceptors (Lipinski definition) is 9. The topological polar surface area (TPSA) is 76.7 Å². The zero-order valence-corrected chi connectivity index (χ0v) is 18.2. The van der Waals surface area contributed by atoms with E-state index >= 15 is 0 Å². The van der Waals surface area contributed by atoms with Gasteiger partial charge in [-0.25, -0.2) is 0 Å². The molecule has 144 valence electrons. The van der Waals surface area contributed by atoms with Crippen LogP contribution in [0.3, 0.4) is 0 Å². The molecule has 28 heavy (non-hydrogen) atoms. The molecule has 0 saturated carbocycles. The van der Waals surface area contributed by atoms with E-state index in [9.17, 15) is 0 Å². The standard InChI is InChI=1S/C19H19N5OS3/c1-4-14-12(3)9-15(27-14)17-22-21-16(25-17)10-26-19-24-23-18(28-19)20-13-7-5-6-11(2)8-13/h5-9H,4,10H2,1-3H3,(H,20,23). The summed E-state index contributed by atoms with van der Waals surface area (Å²) >= 11 is 4.76. The number of anilines is 2. The maximum absolute atomic E-state index is 5.83. The largest absolute Gasteiger partial charge is 0.419 e. The lowest BCUT2D eigenvalue weighted by atomic mass is 10.2. The third kappa shape index (κ3) is 4.43. The first-order valence-corrected chi connectivity index (χ1v) is 11.4. The van der Waals surface area contributed by atoms with Crippen molar-refractivity contribution in [1.82, 2.24) is 20.4 Å². The first-order chi connectivity index (χ1) is 13.6. The van der Waals surface area contributed by atoms with Crippen molar-refractivity contribution >= 4 is 45.3 Å². The first kappa shape index (κ1) is 19.1. The Morgan fingerprint density at radius 3 is 2.75 bits per heavy atom. The van der Waals surface area contributed by atoms with Gasteiger partial charge in [-0.2, -0.15) is 0 Å². The van der Waals surface area contributed by atoms with Crippen molar-refractivity contribution in [2.24, 2.45) is 0 Å². The van der Waals surface area contributed by atoms with Crippen LogP contribution in [-0.4, -0.2) is 20.4 Å². The summed E-state index contributed by atoms with van der Waals surface area (Å²) in [6, 6.07) is 10.3. The Bertz CT molecular complexity index is 1080. The highest BCUT2D eigenvalue weighted by molar-refractivity contribution is 8.00. The number of rotatable bonds is 7. The first-order valence-electron chi connectivity index (χ1n) is 8.82. The van der Waals surface area contributed by atoms with Gasteiger partial charge < -0.3 is 9.73 Å². The zero-order chi connectivity index (χ0) is 19.5. The highest BCUT2D eigenvalue weighted by atomic mass is 32.2. The average molecular weight is 430 g/mol. The normalized spacial score (nSPS) is 11.1. The Hall–Kier alpha value is -2.23. The van der Waals surface area contributed by atoms with Crippen LogP contribution >= 0.6 is 34.4 Å². The molecule has 3 aromatic heterocycles. The molecule has 4 rings (SSSR count). The Kier molecular flexibility index (Phi) is 5.74. The van der Waals surface area contributed by atoms with Gasteiger partial charge in [-0.05, 0) is 49.6 Å². The zero-order valence-electron chi connectivity index (χ0n) is 15.7. The molecule has 0 aliphatic rings. The molecule has 0 bridgehead atoms. The van der Waals surface area contributed by atoms with E-state index in [0.29, 0.717) is 17.5 Å². The number of thiophene rings is 1. The Morgan fingerprint density at radius 2 is 1.96 bits per heavy atom. The van der Waals surface area contributed by atoms with E-state index in [1.54, 1.807) is 23.1 Å². The van der Waals surface area contributed by atoms with Crippen LogP contribution in [0.25, 0.3) is 10.8 Å². The lowest BCUT2D eigenvalue weighted by Gasteiger charge is -2.01. The smallest absolute Gasteiger partial charge is 0.257 e. The molecule has 1 N–H and O–H groups in total. The number of nitrogens with one attached hydrogen (secondary N) is 1. The molecule has 0 spiro atoms. The van der Waals surface area contributed by atoms with Crippen molar-refractivity contribution < 1.29 is 4.42 Å². The van der Waals surface area contributed by atoms with Crippen molar-refractivity contribution in [1.29, 1.82) is 0 Å². The Morgan fingerprint density at radius 1 is 1.07 bits per heavy atom. The van der Waals surface area contributed by atoms with Crippen LogP contribution < -0.4 is 5.32 Å². The van der Waals surface area contributed by atoms with Gasteiger partial charge in [-0.1, -0.05) is 42.2 Å². The van der Waals surface area contributed by atoms with E-state index in [-0.39, 0.29) is 0 Å². The lowest BCUT2D eigenvalue weighted by molar-refractivity contribution is 0.529. The van der Waals surface area contributed by atoms with Gasteiger partial charge in [0.25, 0.3) is 5.89 Å². The molecule has 0 atom stereocenters. The summed E-state index contributed by atoms with van der Waals surface area (Å²) in [4.78, 5) is 2.38. The highest BCUT2D eigenvalue weighted by Crippen LogP contribution is 2.33. The van der Waals surface area contributed by atoms with Gasteiger partial charge in [0.1, 0.15) is 0 Å². The predicted octanol–water partition coefficient (Wildman–Crippen LogP) is 5.86. The minimum Gasteiger partial charge on any atom is -0.419 e. The molecule has 0 fully saturated rings. The Balaban J connectivity index is 1.37. The molecule has 0 amide bonds. The molecular weight excluding hydrogens is 410 g/mol. The van der Waals surface area contributed by atoms with E-state index in [1.807, 2.05) is 12.1 Å². The number of hydrogen-bond donors (Lipinski definition) is 1. The van der Waals surface area contributed by atoms with Crippen LogP contribution in [0.4, 0.5) is 10.8 Å². The van der Waals surface area contributed by atoms with Crippen LogP contribution in [0, 0.1) is 13.8 Å². The number of nitrogens with zero attached hydrogens (tertiary/aromatic N) is 4. The van der Waals surface area contributed by atoms with E-state index in [4.69, 9.17) is 4.42 Å². The predicted molar refractivity (Wildman–Crippen MR) is 116 cm³/mol. The fraction of sp³-hybridized carbons (Fsp3) is 0.263. The number of thioether (sulfide) groups is 1. The molecule has 1 aromatic carbocycles. The second-order valence-corrected chi connectivity index (χ2v) is 9.56. The maximum atomic E-state index is 5.83. The minimum absolute atomic E-state index is 0.567. The summed E-state index contributed by atoms with van der Waals surface area (Å²) in [5.41, 5.74) is 3.48. The fourth-order valence-electron chi connectivity index (χ4n) is 2.68. The molecule has 0 aliphatic carbocycles. The summed E-state index contributed by atoms with van der Waals surface area (Å²) in [6.45, 7) is 6.33. The molecule has 0 unspecified atom stereocenters. The molecule has 0 radical (unpaired) electrons. The van der Waals surface area contributed by atoms with Crippen LogP contribution in [0.5, 0.6) is 0 Å². The van der Waals surface area contributed by atoms with Gasteiger partial charge in [0.2, 0.25) is 11.0 Å². The average Bonchev–Trinajstić information content (AvgIpc) is 3.39. The van der Waals surface area contributed by atoms with Crippen LogP contribution in [0.1, 0.15) is 28.8 Å². The van der Waals surface area contributed by atoms with Crippen LogP contribution in [0.15, 0.2) is 39.1 Å². The SMILES string of the molecule is CCc1sc(-c2nnc(CSc3nnc(Nc4cccc(C)c4)s3)o2)cc1C. The third-order valence-corrected chi connectivity index (χ3v) is 7.34. The molecular formula is C19H19N5OS3. The lowest BCUT2D eigenvalue weighted by Crippen LogP contribution is -1.89. The van der Waals surface area contributed by atoms with E-state index in [2.05, 4.69) is 64.7 Å². The van der Waals surface area contributed by atoms with E-state index in [1.165, 1.54) is 27.3 Å². The molecule has 6 nitrogen and oxygen atoms in total. The van der Waals surface area contributed by atoms with Gasteiger partial charge in [0.05, 0.1) is 10.6 Å². The molecule has 3 heterocycles. The highest BCUT2D eigenvalue weighted by Gasteiger charge is 2.14. The summed E-state index contributed by atoms with van der Waals surface area (Å²) < 4.78 is 6.68. The second kappa shape index (κ2) is 8.42. The van der Waals surface area contributed by atoms with Gasteiger partial charge in [-0.15, -0.1) is 31.7 Å². The van der Waals surface area contributed by atoms with E-state index < -0.39 is 0 Å². The van der Waals surface area contributed by atoms with Gasteiger partial charge >= 0.3 is 0 Å². The quantitative estimate of drug-likeness (QED) is 0.368. The van der Waals surface area contributed by atoms with Crippen molar-refractivity contribution in [3.63, 3.8) is 0 Å². The van der Waals surface area contributed by atoms with Gasteiger partial charge in [-0.3, -0.25) is 0 Å². The van der Waals surface area contributed by atoms with Gasteiger partial charge in [0.15, 0.2) is 4.34 Å². The van der Waals surface area contributed by atoms with Crippen LogP contribution in [0.2, 0.25) is 0 Å². The monoisotopic (exact) mass is 429 g/mol. The second-order valence-electron chi connectivity index (χ2n) is 6.23. The van der Waals surface area contributed by atoms with Crippen LogP contribution in [-0.2, 0) is 12.2 Å².